The monoisotopic (exact) mass is 413 g/mol. The molecule has 1 aromatic carbocycles. The van der Waals surface area contributed by atoms with Crippen LogP contribution in [0.15, 0.2) is 36.1 Å². The molecule has 2 N–H and O–H groups in total. The number of carbonyl (C=O) groups is 1. The highest BCUT2D eigenvalue weighted by Crippen LogP contribution is 2.30. The van der Waals surface area contributed by atoms with Crippen molar-refractivity contribution in [3.8, 4) is 10.4 Å². The molecule has 1 aliphatic carbocycles. The van der Waals surface area contributed by atoms with E-state index in [1.807, 2.05) is 30.0 Å². The number of nitrogens with zero attached hydrogens (tertiary/aromatic N) is 1. The molecular formula is C22H27N3O3S. The van der Waals surface area contributed by atoms with Gasteiger partial charge in [0, 0.05) is 42.5 Å². The van der Waals surface area contributed by atoms with Crippen LogP contribution in [0.2, 0.25) is 0 Å². The number of aromatic nitrogens is 2. The Labute approximate surface area is 174 Å². The van der Waals surface area contributed by atoms with Crippen LogP contribution >= 0.6 is 11.3 Å². The maximum atomic E-state index is 13.0. The van der Waals surface area contributed by atoms with Gasteiger partial charge in [-0.15, -0.1) is 11.3 Å². The maximum Gasteiger partial charge on any atom is 0.252 e. The molecule has 2 heterocycles. The molecule has 1 aliphatic rings. The zero-order valence-corrected chi connectivity index (χ0v) is 17.5. The molecule has 0 bridgehead atoms. The van der Waals surface area contributed by atoms with E-state index in [1.54, 1.807) is 18.4 Å². The SMILES string of the molecule is COCCOC1CCC(CNC(=O)c2cc(-c3cncs3)cc3[nH]ccc23)CC1. The first-order valence-corrected chi connectivity index (χ1v) is 11.0. The number of carbonyl (C=O) groups excluding carboxylic acids is 1. The fourth-order valence-corrected chi connectivity index (χ4v) is 4.60. The molecule has 0 spiro atoms. The summed E-state index contributed by atoms with van der Waals surface area (Å²) in [5.74, 6) is 0.493. The van der Waals surface area contributed by atoms with Crippen molar-refractivity contribution in [3.63, 3.8) is 0 Å². The summed E-state index contributed by atoms with van der Waals surface area (Å²) in [7, 11) is 1.69. The topological polar surface area (TPSA) is 76.2 Å². The highest BCUT2D eigenvalue weighted by atomic mass is 32.1. The van der Waals surface area contributed by atoms with Crippen LogP contribution in [0.25, 0.3) is 21.3 Å². The largest absolute Gasteiger partial charge is 0.382 e. The Balaban J connectivity index is 1.37. The number of hydrogen-bond acceptors (Lipinski definition) is 5. The van der Waals surface area contributed by atoms with Crippen molar-refractivity contribution < 1.29 is 14.3 Å². The molecule has 7 heteroatoms. The third kappa shape index (κ3) is 4.86. The fraction of sp³-hybridized carbons (Fsp3) is 0.455. The number of thiazole rings is 1. The van der Waals surface area contributed by atoms with Crippen LogP contribution in [-0.4, -0.2) is 48.8 Å². The maximum absolute atomic E-state index is 13.0. The van der Waals surface area contributed by atoms with Crippen molar-refractivity contribution in [3.05, 3.63) is 41.7 Å². The molecule has 6 nitrogen and oxygen atoms in total. The predicted octanol–water partition coefficient (Wildman–Crippen LogP) is 4.24. The van der Waals surface area contributed by atoms with Crippen LogP contribution in [0, 0.1) is 5.92 Å². The minimum absolute atomic E-state index is 0.0144. The minimum Gasteiger partial charge on any atom is -0.382 e. The number of hydrogen-bond donors (Lipinski definition) is 2. The smallest absolute Gasteiger partial charge is 0.252 e. The lowest BCUT2D eigenvalue weighted by Gasteiger charge is -2.28. The first-order chi connectivity index (χ1) is 14.2. The van der Waals surface area contributed by atoms with Crippen LogP contribution in [0.5, 0.6) is 0 Å². The number of methoxy groups -OCH3 is 1. The first-order valence-electron chi connectivity index (χ1n) is 10.1. The van der Waals surface area contributed by atoms with Gasteiger partial charge in [0.25, 0.3) is 5.91 Å². The van der Waals surface area contributed by atoms with Gasteiger partial charge in [-0.1, -0.05) is 0 Å². The normalized spacial score (nSPS) is 19.5. The molecule has 154 valence electrons. The van der Waals surface area contributed by atoms with E-state index < -0.39 is 0 Å². The Kier molecular flexibility index (Phi) is 6.59. The van der Waals surface area contributed by atoms with E-state index in [1.165, 1.54) is 0 Å². The van der Waals surface area contributed by atoms with Crippen LogP contribution in [0.1, 0.15) is 36.0 Å². The van der Waals surface area contributed by atoms with E-state index in [-0.39, 0.29) is 5.91 Å². The Morgan fingerprint density at radius 1 is 1.28 bits per heavy atom. The summed E-state index contributed by atoms with van der Waals surface area (Å²) in [5, 5.41) is 4.11. The molecule has 0 radical (unpaired) electrons. The molecule has 29 heavy (non-hydrogen) atoms. The average molecular weight is 414 g/mol. The third-order valence-electron chi connectivity index (χ3n) is 5.62. The van der Waals surface area contributed by atoms with Gasteiger partial charge in [-0.3, -0.25) is 9.78 Å². The summed E-state index contributed by atoms with van der Waals surface area (Å²) in [6.45, 7) is 2.01. The molecule has 0 aliphatic heterocycles. The Bertz CT molecular complexity index is 930. The molecule has 4 rings (SSSR count). The summed E-state index contributed by atoms with van der Waals surface area (Å²) in [6.07, 6.45) is 8.30. The third-order valence-corrected chi connectivity index (χ3v) is 6.44. The van der Waals surface area contributed by atoms with Gasteiger partial charge in [0.05, 0.1) is 29.7 Å². The number of rotatable bonds is 8. The summed E-state index contributed by atoms with van der Waals surface area (Å²) in [4.78, 5) is 21.4. The number of aromatic amines is 1. The molecule has 3 aromatic rings. The molecule has 0 unspecified atom stereocenters. The minimum atomic E-state index is -0.0144. The molecule has 0 saturated heterocycles. The van der Waals surface area contributed by atoms with E-state index in [0.717, 1.165) is 47.0 Å². The van der Waals surface area contributed by atoms with Crippen molar-refractivity contribution >= 4 is 28.1 Å². The second-order valence-electron chi connectivity index (χ2n) is 7.54. The zero-order valence-electron chi connectivity index (χ0n) is 16.6. The van der Waals surface area contributed by atoms with Gasteiger partial charge in [0.1, 0.15) is 0 Å². The molecule has 0 atom stereocenters. The quantitative estimate of drug-likeness (QED) is 0.542. The summed E-state index contributed by atoms with van der Waals surface area (Å²) >= 11 is 1.57. The summed E-state index contributed by atoms with van der Waals surface area (Å²) in [6, 6.07) is 6.01. The molecule has 2 aromatic heterocycles. The van der Waals surface area contributed by atoms with Crippen molar-refractivity contribution in [1.29, 1.82) is 0 Å². The van der Waals surface area contributed by atoms with E-state index >= 15 is 0 Å². The van der Waals surface area contributed by atoms with E-state index in [0.29, 0.717) is 37.3 Å². The van der Waals surface area contributed by atoms with Gasteiger partial charge in [0.15, 0.2) is 0 Å². The van der Waals surface area contributed by atoms with E-state index in [4.69, 9.17) is 9.47 Å². The Hall–Kier alpha value is -2.22. The number of benzene rings is 1. The van der Waals surface area contributed by atoms with Crippen LogP contribution in [0.3, 0.4) is 0 Å². The molecular weight excluding hydrogens is 386 g/mol. The van der Waals surface area contributed by atoms with Crippen molar-refractivity contribution in [2.45, 2.75) is 31.8 Å². The standard InChI is InChI=1S/C22H27N3O3S/c1-27-8-9-28-17-4-2-15(3-5-17)12-25-22(26)19-10-16(21-13-23-14-29-21)11-20-18(19)6-7-24-20/h6-7,10-11,13-15,17,24H,2-5,8-9,12H2,1H3,(H,25,26). The number of nitrogens with one attached hydrogen (secondary N) is 2. The van der Waals surface area contributed by atoms with Crippen LogP contribution in [0.4, 0.5) is 0 Å². The molecule has 1 amide bonds. The van der Waals surface area contributed by atoms with Crippen LogP contribution in [-0.2, 0) is 9.47 Å². The predicted molar refractivity (Wildman–Crippen MR) is 115 cm³/mol. The number of amides is 1. The molecule has 1 fully saturated rings. The van der Waals surface area contributed by atoms with Gasteiger partial charge in [-0.2, -0.15) is 0 Å². The van der Waals surface area contributed by atoms with Gasteiger partial charge in [-0.25, -0.2) is 0 Å². The average Bonchev–Trinajstić information content (AvgIpc) is 3.44. The number of ether oxygens (including phenoxy) is 2. The lowest BCUT2D eigenvalue weighted by Crippen LogP contribution is -2.33. The lowest BCUT2D eigenvalue weighted by atomic mass is 9.87. The van der Waals surface area contributed by atoms with E-state index in [9.17, 15) is 4.79 Å². The highest BCUT2D eigenvalue weighted by molar-refractivity contribution is 7.13. The molecule has 1 saturated carbocycles. The van der Waals surface area contributed by atoms with Gasteiger partial charge >= 0.3 is 0 Å². The Morgan fingerprint density at radius 3 is 2.90 bits per heavy atom. The lowest BCUT2D eigenvalue weighted by molar-refractivity contribution is -0.00729. The first kappa shape index (κ1) is 20.1. The Morgan fingerprint density at radius 2 is 2.14 bits per heavy atom. The second-order valence-corrected chi connectivity index (χ2v) is 8.43. The van der Waals surface area contributed by atoms with Crippen molar-refractivity contribution in [2.24, 2.45) is 5.92 Å². The fourth-order valence-electron chi connectivity index (χ4n) is 3.99. The van der Waals surface area contributed by atoms with Gasteiger partial charge in [-0.05, 0) is 55.4 Å². The highest BCUT2D eigenvalue weighted by Gasteiger charge is 2.22. The summed E-state index contributed by atoms with van der Waals surface area (Å²) in [5.41, 5.74) is 4.50. The van der Waals surface area contributed by atoms with Crippen LogP contribution < -0.4 is 5.32 Å². The van der Waals surface area contributed by atoms with Crippen molar-refractivity contribution in [2.75, 3.05) is 26.9 Å². The number of H-pyrrole nitrogens is 1. The van der Waals surface area contributed by atoms with Crippen molar-refractivity contribution in [1.82, 2.24) is 15.3 Å². The number of fused-ring (bicyclic) bond motifs is 1. The van der Waals surface area contributed by atoms with E-state index in [2.05, 4.69) is 21.4 Å². The summed E-state index contributed by atoms with van der Waals surface area (Å²) < 4.78 is 10.9. The zero-order chi connectivity index (χ0) is 20.1. The second kappa shape index (κ2) is 9.52. The van der Waals surface area contributed by atoms with Gasteiger partial charge in [0.2, 0.25) is 0 Å². The van der Waals surface area contributed by atoms with Gasteiger partial charge < -0.3 is 19.8 Å².